The lowest BCUT2D eigenvalue weighted by molar-refractivity contribution is -0.152. The van der Waals surface area contributed by atoms with Gasteiger partial charge in [-0.1, -0.05) is 24.3 Å². The largest absolute Gasteiger partial charge is 0.424 e. The summed E-state index contributed by atoms with van der Waals surface area (Å²) in [5.74, 6) is 0.276. The van der Waals surface area contributed by atoms with Crippen LogP contribution in [0.5, 0.6) is 5.75 Å². The first-order valence-corrected chi connectivity index (χ1v) is 6.05. The molecule has 0 saturated heterocycles. The molecular weight excluding hydrogens is 228 g/mol. The highest BCUT2D eigenvalue weighted by Gasteiger charge is 2.41. The number of carbonyl (C=O) groups excluding carboxylic acids is 1. The van der Waals surface area contributed by atoms with E-state index in [0.717, 1.165) is 16.7 Å². The van der Waals surface area contributed by atoms with Crippen LogP contribution in [0, 0.1) is 13.8 Å². The second-order valence-electron chi connectivity index (χ2n) is 4.84. The van der Waals surface area contributed by atoms with Crippen molar-refractivity contribution in [2.24, 2.45) is 0 Å². The third-order valence-corrected chi connectivity index (χ3v) is 3.51. The van der Waals surface area contributed by atoms with Crippen molar-refractivity contribution in [1.82, 2.24) is 0 Å². The van der Waals surface area contributed by atoms with Gasteiger partial charge < -0.3 is 9.47 Å². The summed E-state index contributed by atoms with van der Waals surface area (Å²) >= 11 is 0. The van der Waals surface area contributed by atoms with Crippen molar-refractivity contribution >= 4 is 5.97 Å². The maximum atomic E-state index is 12.3. The third-order valence-electron chi connectivity index (χ3n) is 3.51. The molecule has 2 rings (SSSR count). The maximum absolute atomic E-state index is 12.3. The fraction of sp³-hybridized carbons (Fsp3) is 0.400. The molecule has 0 unspecified atom stereocenters. The summed E-state index contributed by atoms with van der Waals surface area (Å²) in [6.45, 7) is 7.96. The number of rotatable bonds is 2. The molecule has 0 amide bonds. The summed E-state index contributed by atoms with van der Waals surface area (Å²) < 4.78 is 11.0. The van der Waals surface area contributed by atoms with Crippen molar-refractivity contribution in [3.05, 3.63) is 41.0 Å². The van der Waals surface area contributed by atoms with E-state index in [-0.39, 0.29) is 5.97 Å². The van der Waals surface area contributed by atoms with E-state index < -0.39 is 5.60 Å². The molecule has 3 heteroatoms. The Balaban J connectivity index is 2.25. The number of hydrogen-bond acceptors (Lipinski definition) is 3. The molecule has 1 aliphatic heterocycles. The van der Waals surface area contributed by atoms with Crippen molar-refractivity contribution in [2.45, 2.75) is 33.3 Å². The highest BCUT2D eigenvalue weighted by atomic mass is 16.6. The molecule has 0 N–H and O–H groups in total. The molecular formula is C15H18O3. The smallest absolute Gasteiger partial charge is 0.347 e. The van der Waals surface area contributed by atoms with Crippen molar-refractivity contribution in [3.8, 4) is 5.75 Å². The average molecular weight is 246 g/mol. The van der Waals surface area contributed by atoms with Gasteiger partial charge in [-0.15, -0.1) is 0 Å². The monoisotopic (exact) mass is 246 g/mol. The van der Waals surface area contributed by atoms with Crippen LogP contribution >= 0.6 is 0 Å². The Labute approximate surface area is 107 Å². The van der Waals surface area contributed by atoms with E-state index >= 15 is 0 Å². The Morgan fingerprint density at radius 2 is 1.89 bits per heavy atom. The molecule has 1 atom stereocenters. The number of hydrogen-bond donors (Lipinski definition) is 0. The third kappa shape index (κ3) is 2.06. The van der Waals surface area contributed by atoms with Gasteiger partial charge in [-0.3, -0.25) is 0 Å². The van der Waals surface area contributed by atoms with Crippen molar-refractivity contribution in [1.29, 1.82) is 0 Å². The van der Waals surface area contributed by atoms with Gasteiger partial charge in [-0.25, -0.2) is 4.79 Å². The molecule has 0 aromatic heterocycles. The van der Waals surface area contributed by atoms with E-state index in [1.807, 2.05) is 45.0 Å². The minimum Gasteiger partial charge on any atom is -0.424 e. The first-order valence-electron chi connectivity index (χ1n) is 6.05. The van der Waals surface area contributed by atoms with Gasteiger partial charge in [0.2, 0.25) is 0 Å². The number of benzene rings is 1. The van der Waals surface area contributed by atoms with Gasteiger partial charge in [0.25, 0.3) is 0 Å². The predicted octanol–water partition coefficient (Wildman–Crippen LogP) is 2.94. The van der Waals surface area contributed by atoms with Crippen molar-refractivity contribution < 1.29 is 14.3 Å². The van der Waals surface area contributed by atoms with Gasteiger partial charge in [0.1, 0.15) is 5.75 Å². The Morgan fingerprint density at radius 1 is 1.28 bits per heavy atom. The first-order chi connectivity index (χ1) is 8.45. The zero-order valence-electron chi connectivity index (χ0n) is 11.2. The van der Waals surface area contributed by atoms with Crippen molar-refractivity contribution in [2.75, 3.05) is 6.61 Å². The van der Waals surface area contributed by atoms with Gasteiger partial charge in [-0.05, 0) is 44.4 Å². The standard InChI is InChI=1S/C15H18O3/c1-10-6-5-7-11(2)13(10)18-14(16)15(4)12(3)8-9-17-15/h5-8H,9H2,1-4H3/t15-/m1/s1. The fourth-order valence-corrected chi connectivity index (χ4v) is 2.01. The Bertz CT molecular complexity index is 496. The number of aryl methyl sites for hydroxylation is 2. The van der Waals surface area contributed by atoms with Crippen LogP contribution in [-0.2, 0) is 9.53 Å². The van der Waals surface area contributed by atoms with Gasteiger partial charge in [0.05, 0.1) is 6.61 Å². The van der Waals surface area contributed by atoms with Gasteiger partial charge in [0, 0.05) is 0 Å². The summed E-state index contributed by atoms with van der Waals surface area (Å²) in [5, 5.41) is 0. The summed E-state index contributed by atoms with van der Waals surface area (Å²) in [4.78, 5) is 12.3. The highest BCUT2D eigenvalue weighted by molar-refractivity contribution is 5.86. The molecule has 1 aliphatic rings. The lowest BCUT2D eigenvalue weighted by Gasteiger charge is -2.24. The van der Waals surface area contributed by atoms with Crippen LogP contribution in [0.15, 0.2) is 29.8 Å². The molecule has 0 bridgehead atoms. The maximum Gasteiger partial charge on any atom is 0.347 e. The topological polar surface area (TPSA) is 35.5 Å². The number of ether oxygens (including phenoxy) is 2. The molecule has 0 aliphatic carbocycles. The average Bonchev–Trinajstić information content (AvgIpc) is 2.66. The Hall–Kier alpha value is -1.61. The van der Waals surface area contributed by atoms with Crippen LogP contribution in [0.4, 0.5) is 0 Å². The van der Waals surface area contributed by atoms with E-state index in [1.54, 1.807) is 6.92 Å². The Kier molecular flexibility index (Phi) is 3.26. The normalized spacial score (nSPS) is 22.8. The fourth-order valence-electron chi connectivity index (χ4n) is 2.01. The molecule has 0 saturated carbocycles. The second kappa shape index (κ2) is 4.58. The molecule has 0 fully saturated rings. The van der Waals surface area contributed by atoms with E-state index in [9.17, 15) is 4.79 Å². The van der Waals surface area contributed by atoms with Crippen LogP contribution in [0.1, 0.15) is 25.0 Å². The quantitative estimate of drug-likeness (QED) is 0.457. The van der Waals surface area contributed by atoms with E-state index in [2.05, 4.69) is 0 Å². The summed E-state index contributed by atoms with van der Waals surface area (Å²) in [6.07, 6.45) is 1.91. The summed E-state index contributed by atoms with van der Waals surface area (Å²) in [5.41, 5.74) is 1.85. The zero-order chi connectivity index (χ0) is 13.3. The highest BCUT2D eigenvalue weighted by Crippen LogP contribution is 2.30. The minimum absolute atomic E-state index is 0.355. The first kappa shape index (κ1) is 12.8. The summed E-state index contributed by atoms with van der Waals surface area (Å²) in [6, 6.07) is 5.80. The van der Waals surface area contributed by atoms with Crippen LogP contribution in [0.3, 0.4) is 0 Å². The number of esters is 1. The molecule has 1 heterocycles. The van der Waals surface area contributed by atoms with Gasteiger partial charge >= 0.3 is 5.97 Å². The molecule has 96 valence electrons. The van der Waals surface area contributed by atoms with Crippen LogP contribution in [0.2, 0.25) is 0 Å². The molecule has 0 radical (unpaired) electrons. The SMILES string of the molecule is CC1=CCO[C@@]1(C)C(=O)Oc1c(C)cccc1C. The van der Waals surface area contributed by atoms with E-state index in [1.165, 1.54) is 0 Å². The number of para-hydroxylation sites is 1. The van der Waals surface area contributed by atoms with E-state index in [0.29, 0.717) is 12.4 Å². The van der Waals surface area contributed by atoms with Crippen molar-refractivity contribution in [3.63, 3.8) is 0 Å². The Morgan fingerprint density at radius 3 is 2.39 bits per heavy atom. The van der Waals surface area contributed by atoms with Gasteiger partial charge in [0.15, 0.2) is 5.60 Å². The zero-order valence-corrected chi connectivity index (χ0v) is 11.2. The lowest BCUT2D eigenvalue weighted by atomic mass is 9.99. The van der Waals surface area contributed by atoms with Crippen LogP contribution < -0.4 is 4.74 Å². The second-order valence-corrected chi connectivity index (χ2v) is 4.84. The molecule has 1 aromatic carbocycles. The van der Waals surface area contributed by atoms with Crippen LogP contribution in [0.25, 0.3) is 0 Å². The number of carbonyl (C=O) groups is 1. The molecule has 0 spiro atoms. The molecule has 1 aromatic rings. The summed E-state index contributed by atoms with van der Waals surface area (Å²) in [7, 11) is 0. The van der Waals surface area contributed by atoms with E-state index in [4.69, 9.17) is 9.47 Å². The predicted molar refractivity (Wildman–Crippen MR) is 69.7 cm³/mol. The van der Waals surface area contributed by atoms with Crippen LogP contribution in [-0.4, -0.2) is 18.2 Å². The lowest BCUT2D eigenvalue weighted by Crippen LogP contribution is -2.40. The minimum atomic E-state index is -0.950. The van der Waals surface area contributed by atoms with Gasteiger partial charge in [-0.2, -0.15) is 0 Å². The molecule has 3 nitrogen and oxygen atoms in total. The molecule has 18 heavy (non-hydrogen) atoms.